The van der Waals surface area contributed by atoms with Gasteiger partial charge in [-0.2, -0.15) is 0 Å². The minimum Gasteiger partial charge on any atom is -0.486 e. The van der Waals surface area contributed by atoms with Crippen molar-refractivity contribution in [2.75, 3.05) is 6.54 Å². The van der Waals surface area contributed by atoms with Crippen molar-refractivity contribution >= 4 is 28.8 Å². The fourth-order valence-corrected chi connectivity index (χ4v) is 2.42. The van der Waals surface area contributed by atoms with Gasteiger partial charge in [0.25, 0.3) is 0 Å². The molecule has 1 aromatic heterocycles. The average molecular weight is 323 g/mol. The Morgan fingerprint density at radius 1 is 1.43 bits per heavy atom. The summed E-state index contributed by atoms with van der Waals surface area (Å²) in [5.74, 6) is 0.672. The maximum absolute atomic E-state index is 11.6. The minimum atomic E-state index is -0.0645. The van der Waals surface area contributed by atoms with Crippen molar-refractivity contribution < 1.29 is 9.53 Å². The van der Waals surface area contributed by atoms with Gasteiger partial charge in [-0.15, -0.1) is 17.9 Å². The number of carbonyl (C=O) groups excluding carboxylic acids is 1. The van der Waals surface area contributed by atoms with Crippen molar-refractivity contribution in [3.8, 4) is 5.75 Å². The molecule has 0 fully saturated rings. The first-order chi connectivity index (χ1) is 10.2. The minimum absolute atomic E-state index is 0.0645. The molecule has 1 amide bonds. The fourth-order valence-electron chi connectivity index (χ4n) is 1.59. The predicted octanol–water partition coefficient (Wildman–Crippen LogP) is 3.22. The maximum atomic E-state index is 11.6. The summed E-state index contributed by atoms with van der Waals surface area (Å²) in [4.78, 5) is 15.9. The predicted molar refractivity (Wildman–Crippen MR) is 84.8 cm³/mol. The number of amides is 1. The smallest absolute Gasteiger partial charge is 0.226 e. The van der Waals surface area contributed by atoms with Crippen LogP contribution >= 0.6 is 22.9 Å². The van der Waals surface area contributed by atoms with Gasteiger partial charge in [0, 0.05) is 16.9 Å². The highest BCUT2D eigenvalue weighted by molar-refractivity contribution is 7.09. The highest BCUT2D eigenvalue weighted by atomic mass is 35.5. The zero-order valence-corrected chi connectivity index (χ0v) is 12.9. The standard InChI is InChI=1S/C15H15ClN2O2S/c1-2-7-17-14(19)8-12-10-21-15(18-12)9-20-13-5-3-11(16)4-6-13/h2-6,10H,1,7-9H2,(H,17,19). The lowest BCUT2D eigenvalue weighted by atomic mass is 10.3. The number of nitrogens with one attached hydrogen (secondary N) is 1. The first kappa shape index (κ1) is 15.5. The summed E-state index contributed by atoms with van der Waals surface area (Å²) in [6.07, 6.45) is 1.91. The van der Waals surface area contributed by atoms with Crippen molar-refractivity contribution in [1.82, 2.24) is 10.3 Å². The van der Waals surface area contributed by atoms with Crippen LogP contribution in [0.15, 0.2) is 42.3 Å². The molecule has 0 aliphatic carbocycles. The van der Waals surface area contributed by atoms with Crippen LogP contribution in [-0.2, 0) is 17.8 Å². The third kappa shape index (κ3) is 5.21. The molecule has 0 aliphatic rings. The molecule has 1 N–H and O–H groups in total. The van der Waals surface area contributed by atoms with E-state index in [2.05, 4.69) is 16.9 Å². The molecule has 0 atom stereocenters. The number of rotatable bonds is 7. The largest absolute Gasteiger partial charge is 0.486 e. The van der Waals surface area contributed by atoms with E-state index in [9.17, 15) is 4.79 Å². The Hall–Kier alpha value is -1.85. The lowest BCUT2D eigenvalue weighted by molar-refractivity contribution is -0.120. The molecule has 0 bridgehead atoms. The van der Waals surface area contributed by atoms with Gasteiger partial charge >= 0.3 is 0 Å². The van der Waals surface area contributed by atoms with E-state index in [-0.39, 0.29) is 12.3 Å². The van der Waals surface area contributed by atoms with Crippen molar-refractivity contribution in [3.63, 3.8) is 0 Å². The molecule has 0 unspecified atom stereocenters. The summed E-state index contributed by atoms with van der Waals surface area (Å²) in [6, 6.07) is 7.15. The lowest BCUT2D eigenvalue weighted by Gasteiger charge is -2.03. The molecule has 0 saturated heterocycles. The Morgan fingerprint density at radius 2 is 2.19 bits per heavy atom. The molecule has 1 heterocycles. The molecule has 4 nitrogen and oxygen atoms in total. The number of hydrogen-bond acceptors (Lipinski definition) is 4. The molecule has 21 heavy (non-hydrogen) atoms. The van der Waals surface area contributed by atoms with Crippen LogP contribution in [0, 0.1) is 0 Å². The van der Waals surface area contributed by atoms with Crippen LogP contribution in [0.5, 0.6) is 5.75 Å². The number of halogens is 1. The number of thiazole rings is 1. The number of nitrogens with zero attached hydrogens (tertiary/aromatic N) is 1. The van der Waals surface area contributed by atoms with Gasteiger partial charge in [0.2, 0.25) is 5.91 Å². The Labute approximate surface area is 132 Å². The Balaban J connectivity index is 1.84. The topological polar surface area (TPSA) is 51.2 Å². The molecular formula is C15H15ClN2O2S. The van der Waals surface area contributed by atoms with Gasteiger partial charge in [-0.25, -0.2) is 4.98 Å². The molecular weight excluding hydrogens is 308 g/mol. The summed E-state index contributed by atoms with van der Waals surface area (Å²) in [6.45, 7) is 4.39. The molecule has 110 valence electrons. The Bertz CT molecular complexity index is 610. The third-order valence-electron chi connectivity index (χ3n) is 2.56. The Kier molecular flexibility index (Phi) is 5.78. The van der Waals surface area contributed by atoms with E-state index in [1.165, 1.54) is 11.3 Å². The molecule has 6 heteroatoms. The summed E-state index contributed by atoms with van der Waals surface area (Å²) < 4.78 is 5.61. The molecule has 2 aromatic rings. The first-order valence-electron chi connectivity index (χ1n) is 6.36. The molecule has 0 saturated carbocycles. The van der Waals surface area contributed by atoms with E-state index >= 15 is 0 Å². The van der Waals surface area contributed by atoms with Gasteiger partial charge in [0.15, 0.2) is 0 Å². The van der Waals surface area contributed by atoms with Gasteiger partial charge in [-0.3, -0.25) is 4.79 Å². The lowest BCUT2D eigenvalue weighted by Crippen LogP contribution is -2.25. The fraction of sp³-hybridized carbons (Fsp3) is 0.200. The van der Waals surface area contributed by atoms with E-state index in [1.54, 1.807) is 30.3 Å². The summed E-state index contributed by atoms with van der Waals surface area (Å²) in [7, 11) is 0. The average Bonchev–Trinajstić information content (AvgIpc) is 2.92. The Morgan fingerprint density at radius 3 is 2.90 bits per heavy atom. The van der Waals surface area contributed by atoms with Crippen molar-refractivity contribution in [2.24, 2.45) is 0 Å². The van der Waals surface area contributed by atoms with Crippen molar-refractivity contribution in [2.45, 2.75) is 13.0 Å². The van der Waals surface area contributed by atoms with Crippen LogP contribution < -0.4 is 10.1 Å². The van der Waals surface area contributed by atoms with E-state index in [0.29, 0.717) is 18.2 Å². The zero-order chi connectivity index (χ0) is 15.1. The quantitative estimate of drug-likeness (QED) is 0.796. The second kappa shape index (κ2) is 7.81. The number of benzene rings is 1. The van der Waals surface area contributed by atoms with Gasteiger partial charge < -0.3 is 10.1 Å². The van der Waals surface area contributed by atoms with Gasteiger partial charge in [-0.05, 0) is 24.3 Å². The van der Waals surface area contributed by atoms with Crippen molar-refractivity contribution in [1.29, 1.82) is 0 Å². The van der Waals surface area contributed by atoms with Crippen LogP contribution in [0.25, 0.3) is 0 Å². The van der Waals surface area contributed by atoms with Crippen molar-refractivity contribution in [3.05, 3.63) is 58.0 Å². The summed E-state index contributed by atoms with van der Waals surface area (Å²) in [5, 5.41) is 6.09. The van der Waals surface area contributed by atoms with E-state index in [4.69, 9.17) is 16.3 Å². The normalized spacial score (nSPS) is 10.1. The maximum Gasteiger partial charge on any atom is 0.226 e. The van der Waals surface area contributed by atoms with E-state index in [0.717, 1.165) is 16.5 Å². The third-order valence-corrected chi connectivity index (χ3v) is 3.68. The van der Waals surface area contributed by atoms with Gasteiger partial charge in [-0.1, -0.05) is 17.7 Å². The molecule has 0 aliphatic heterocycles. The molecule has 1 aromatic carbocycles. The second-order valence-electron chi connectivity index (χ2n) is 4.24. The van der Waals surface area contributed by atoms with Crippen LogP contribution in [0.1, 0.15) is 10.7 Å². The SMILES string of the molecule is C=CCNC(=O)Cc1csc(COc2ccc(Cl)cc2)n1. The summed E-state index contributed by atoms with van der Waals surface area (Å²) >= 11 is 7.28. The highest BCUT2D eigenvalue weighted by Gasteiger charge is 2.07. The van der Waals surface area contributed by atoms with Gasteiger partial charge in [0.1, 0.15) is 17.4 Å². The van der Waals surface area contributed by atoms with Crippen LogP contribution in [0.2, 0.25) is 5.02 Å². The van der Waals surface area contributed by atoms with Crippen LogP contribution in [-0.4, -0.2) is 17.4 Å². The number of aromatic nitrogens is 1. The highest BCUT2D eigenvalue weighted by Crippen LogP contribution is 2.18. The first-order valence-corrected chi connectivity index (χ1v) is 7.62. The molecule has 2 rings (SSSR count). The molecule has 0 spiro atoms. The van der Waals surface area contributed by atoms with E-state index in [1.807, 2.05) is 5.38 Å². The van der Waals surface area contributed by atoms with Gasteiger partial charge in [0.05, 0.1) is 12.1 Å². The van der Waals surface area contributed by atoms with Crippen LogP contribution in [0.3, 0.4) is 0 Å². The monoisotopic (exact) mass is 322 g/mol. The second-order valence-corrected chi connectivity index (χ2v) is 5.62. The number of hydrogen-bond donors (Lipinski definition) is 1. The van der Waals surface area contributed by atoms with E-state index < -0.39 is 0 Å². The number of ether oxygens (including phenoxy) is 1. The van der Waals surface area contributed by atoms with Crippen LogP contribution in [0.4, 0.5) is 0 Å². The number of carbonyl (C=O) groups is 1. The zero-order valence-electron chi connectivity index (χ0n) is 11.3. The summed E-state index contributed by atoms with van der Waals surface area (Å²) in [5.41, 5.74) is 0.747. The molecule has 0 radical (unpaired) electrons.